The highest BCUT2D eigenvalue weighted by molar-refractivity contribution is 6.06. The number of nitrogens with zero attached hydrogens (tertiary/aromatic N) is 1. The maximum Gasteiger partial charge on any atom is 0.258 e. The molecule has 148 valence electrons. The van der Waals surface area contributed by atoms with Crippen LogP contribution in [-0.2, 0) is 0 Å². The average molecular weight is 386 g/mol. The summed E-state index contributed by atoms with van der Waals surface area (Å²) in [5.74, 6) is -0.124. The van der Waals surface area contributed by atoms with Crippen LogP contribution in [0.2, 0.25) is 0 Å². The van der Waals surface area contributed by atoms with Crippen LogP contribution in [0, 0.1) is 13.8 Å². The van der Waals surface area contributed by atoms with Gasteiger partial charge in [-0.3, -0.25) is 9.59 Å². The lowest BCUT2D eigenvalue weighted by Gasteiger charge is -2.23. The van der Waals surface area contributed by atoms with Gasteiger partial charge in [-0.2, -0.15) is 0 Å². The van der Waals surface area contributed by atoms with Crippen LogP contribution in [0.4, 0.5) is 5.69 Å². The smallest absolute Gasteiger partial charge is 0.258 e. The molecule has 3 aromatic rings. The molecule has 0 saturated heterocycles. The Morgan fingerprint density at radius 1 is 0.828 bits per heavy atom. The third-order valence-electron chi connectivity index (χ3n) is 4.85. The minimum Gasteiger partial charge on any atom is -0.352 e. The lowest BCUT2D eigenvalue weighted by atomic mass is 10.1. The van der Waals surface area contributed by atoms with Gasteiger partial charge in [-0.15, -0.1) is 0 Å². The van der Waals surface area contributed by atoms with Gasteiger partial charge in [-0.1, -0.05) is 54.1 Å². The molecule has 0 heterocycles. The van der Waals surface area contributed by atoms with Gasteiger partial charge < -0.3 is 10.2 Å². The van der Waals surface area contributed by atoms with Gasteiger partial charge in [0.1, 0.15) is 0 Å². The summed E-state index contributed by atoms with van der Waals surface area (Å²) in [5, 5.41) is 2.96. The van der Waals surface area contributed by atoms with E-state index in [1.165, 1.54) is 0 Å². The maximum atomic E-state index is 13.1. The molecule has 0 radical (unpaired) electrons. The van der Waals surface area contributed by atoms with Gasteiger partial charge in [-0.05, 0) is 56.2 Å². The Morgan fingerprint density at radius 3 is 2.17 bits per heavy atom. The summed E-state index contributed by atoms with van der Waals surface area (Å²) in [6.07, 6.45) is 0.657. The molecular formula is C25H26N2O2. The Bertz CT molecular complexity index is 966. The van der Waals surface area contributed by atoms with Gasteiger partial charge in [-0.25, -0.2) is 0 Å². The number of aryl methyl sites for hydroxylation is 2. The van der Waals surface area contributed by atoms with Crippen LogP contribution in [0.5, 0.6) is 0 Å². The second-order valence-electron chi connectivity index (χ2n) is 7.08. The van der Waals surface area contributed by atoms with Crippen LogP contribution in [-0.4, -0.2) is 24.9 Å². The number of hydrogen-bond acceptors (Lipinski definition) is 2. The van der Waals surface area contributed by atoms with Crippen molar-refractivity contribution < 1.29 is 9.59 Å². The quantitative estimate of drug-likeness (QED) is 0.595. The number of para-hydroxylation sites is 1. The first kappa shape index (κ1) is 20.3. The Hall–Kier alpha value is -3.40. The van der Waals surface area contributed by atoms with Gasteiger partial charge in [0, 0.05) is 29.9 Å². The van der Waals surface area contributed by atoms with E-state index in [0.29, 0.717) is 30.6 Å². The largest absolute Gasteiger partial charge is 0.352 e. The molecule has 0 aliphatic heterocycles. The number of carbonyl (C=O) groups excluding carboxylic acids is 2. The fourth-order valence-electron chi connectivity index (χ4n) is 3.17. The highest BCUT2D eigenvalue weighted by atomic mass is 16.2. The molecule has 4 nitrogen and oxygen atoms in total. The molecule has 0 unspecified atom stereocenters. The van der Waals surface area contributed by atoms with Crippen molar-refractivity contribution >= 4 is 17.5 Å². The van der Waals surface area contributed by atoms with Crippen LogP contribution >= 0.6 is 0 Å². The van der Waals surface area contributed by atoms with Crippen LogP contribution < -0.4 is 10.2 Å². The Labute approximate surface area is 172 Å². The predicted octanol–water partition coefficient (Wildman–Crippen LogP) is 4.77. The molecular weight excluding hydrogens is 360 g/mol. The number of amides is 2. The number of nitrogens with one attached hydrogen (secondary N) is 1. The monoisotopic (exact) mass is 386 g/mol. The zero-order valence-corrected chi connectivity index (χ0v) is 16.9. The first-order valence-corrected chi connectivity index (χ1v) is 9.83. The zero-order chi connectivity index (χ0) is 20.6. The second kappa shape index (κ2) is 9.69. The van der Waals surface area contributed by atoms with Crippen LogP contribution in [0.3, 0.4) is 0 Å². The van der Waals surface area contributed by atoms with E-state index < -0.39 is 0 Å². The highest BCUT2D eigenvalue weighted by Gasteiger charge is 2.17. The average Bonchev–Trinajstić information content (AvgIpc) is 2.74. The van der Waals surface area contributed by atoms with E-state index in [-0.39, 0.29) is 11.8 Å². The lowest BCUT2D eigenvalue weighted by molar-refractivity contribution is 0.0953. The molecule has 0 aromatic heterocycles. The Morgan fingerprint density at radius 2 is 1.48 bits per heavy atom. The van der Waals surface area contributed by atoms with E-state index >= 15 is 0 Å². The van der Waals surface area contributed by atoms with E-state index in [0.717, 1.165) is 16.8 Å². The van der Waals surface area contributed by atoms with E-state index in [1.54, 1.807) is 4.90 Å². The van der Waals surface area contributed by atoms with E-state index in [1.807, 2.05) is 92.7 Å². The SMILES string of the molecule is Cc1ccc(C(=O)N(CCCNC(=O)c2ccccc2C)c2ccccc2)cc1. The van der Waals surface area contributed by atoms with Gasteiger partial charge >= 0.3 is 0 Å². The van der Waals surface area contributed by atoms with Crippen LogP contribution in [0.25, 0.3) is 0 Å². The summed E-state index contributed by atoms with van der Waals surface area (Å²) in [4.78, 5) is 27.2. The maximum absolute atomic E-state index is 13.1. The van der Waals surface area contributed by atoms with Gasteiger partial charge in [0.05, 0.1) is 0 Å². The Balaban J connectivity index is 1.65. The predicted molar refractivity (Wildman–Crippen MR) is 117 cm³/mol. The van der Waals surface area contributed by atoms with E-state index in [4.69, 9.17) is 0 Å². The summed E-state index contributed by atoms with van der Waals surface area (Å²) in [7, 11) is 0. The molecule has 0 saturated carbocycles. The highest BCUT2D eigenvalue weighted by Crippen LogP contribution is 2.18. The molecule has 0 fully saturated rings. The van der Waals surface area contributed by atoms with Gasteiger partial charge in [0.2, 0.25) is 0 Å². The van der Waals surface area contributed by atoms with E-state index in [2.05, 4.69) is 5.32 Å². The zero-order valence-electron chi connectivity index (χ0n) is 16.9. The fourth-order valence-corrected chi connectivity index (χ4v) is 3.17. The topological polar surface area (TPSA) is 49.4 Å². The van der Waals surface area contributed by atoms with Crippen molar-refractivity contribution in [2.45, 2.75) is 20.3 Å². The van der Waals surface area contributed by atoms with Crippen molar-refractivity contribution in [3.05, 3.63) is 101 Å². The minimum atomic E-state index is -0.0841. The minimum absolute atomic E-state index is 0.0403. The molecule has 4 heteroatoms. The molecule has 3 rings (SSSR count). The summed E-state index contributed by atoms with van der Waals surface area (Å²) < 4.78 is 0. The number of carbonyl (C=O) groups is 2. The standard InChI is InChI=1S/C25H26N2O2/c1-19-13-15-21(16-14-19)25(29)27(22-10-4-3-5-11-22)18-8-17-26-24(28)23-12-7-6-9-20(23)2/h3-7,9-16H,8,17-18H2,1-2H3,(H,26,28). The fraction of sp³-hybridized carbons (Fsp3) is 0.200. The number of benzene rings is 3. The summed E-state index contributed by atoms with van der Waals surface area (Å²) in [5.41, 5.74) is 4.26. The summed E-state index contributed by atoms with van der Waals surface area (Å²) in [6.45, 7) is 4.94. The third-order valence-corrected chi connectivity index (χ3v) is 4.85. The van der Waals surface area contributed by atoms with Crippen molar-refractivity contribution in [1.29, 1.82) is 0 Å². The molecule has 2 amide bonds. The van der Waals surface area contributed by atoms with Gasteiger partial charge in [0.25, 0.3) is 11.8 Å². The number of rotatable bonds is 7. The van der Waals surface area contributed by atoms with Crippen molar-refractivity contribution in [2.75, 3.05) is 18.0 Å². The normalized spacial score (nSPS) is 10.4. The summed E-state index contributed by atoms with van der Waals surface area (Å²) in [6, 6.07) is 24.7. The van der Waals surface area contributed by atoms with Crippen molar-refractivity contribution in [3.63, 3.8) is 0 Å². The van der Waals surface area contributed by atoms with Crippen molar-refractivity contribution in [2.24, 2.45) is 0 Å². The molecule has 0 bridgehead atoms. The third kappa shape index (κ3) is 5.32. The van der Waals surface area contributed by atoms with Crippen LogP contribution in [0.15, 0.2) is 78.9 Å². The van der Waals surface area contributed by atoms with Crippen molar-refractivity contribution in [3.8, 4) is 0 Å². The van der Waals surface area contributed by atoms with Crippen molar-refractivity contribution in [1.82, 2.24) is 5.32 Å². The molecule has 1 N–H and O–H groups in total. The molecule has 3 aromatic carbocycles. The number of anilines is 1. The first-order valence-electron chi connectivity index (χ1n) is 9.83. The molecule has 0 aliphatic carbocycles. The number of hydrogen-bond donors (Lipinski definition) is 1. The summed E-state index contributed by atoms with van der Waals surface area (Å²) >= 11 is 0. The van der Waals surface area contributed by atoms with Crippen LogP contribution in [0.1, 0.15) is 38.3 Å². The Kier molecular flexibility index (Phi) is 6.80. The second-order valence-corrected chi connectivity index (χ2v) is 7.08. The molecule has 29 heavy (non-hydrogen) atoms. The molecule has 0 aliphatic rings. The lowest BCUT2D eigenvalue weighted by Crippen LogP contribution is -2.34. The first-order chi connectivity index (χ1) is 14.1. The van der Waals surface area contributed by atoms with E-state index in [9.17, 15) is 9.59 Å². The molecule has 0 spiro atoms. The molecule has 0 atom stereocenters. The van der Waals surface area contributed by atoms with Gasteiger partial charge in [0.15, 0.2) is 0 Å².